The molecule has 1 aromatic rings. The first kappa shape index (κ1) is 17.4. The third-order valence-electron chi connectivity index (χ3n) is 4.32. The number of alkyl halides is 1. The average Bonchev–Trinajstić information content (AvgIpc) is 3.30. The molecule has 23 heavy (non-hydrogen) atoms. The van der Waals surface area contributed by atoms with Crippen molar-refractivity contribution in [1.29, 1.82) is 0 Å². The van der Waals surface area contributed by atoms with Gasteiger partial charge in [-0.25, -0.2) is 0 Å². The van der Waals surface area contributed by atoms with Gasteiger partial charge in [0.25, 0.3) is 5.91 Å². The summed E-state index contributed by atoms with van der Waals surface area (Å²) < 4.78 is 12.7. The minimum atomic E-state index is -0.403. The molecule has 1 aromatic carbocycles. The number of hydrogen-bond donors (Lipinski definition) is 2. The normalized spacial score (nSPS) is 15.8. The maximum Gasteiger partial charge on any atom is 0.251 e. The summed E-state index contributed by atoms with van der Waals surface area (Å²) in [6.45, 7) is 6.17. The molecular formula is C18H25FN2O2. The third kappa shape index (κ3) is 4.78. The maximum absolute atomic E-state index is 12.7. The van der Waals surface area contributed by atoms with Gasteiger partial charge in [0.1, 0.15) is 0 Å². The largest absolute Gasteiger partial charge is 0.354 e. The second kappa shape index (κ2) is 6.69. The van der Waals surface area contributed by atoms with Gasteiger partial charge in [0.05, 0.1) is 13.2 Å². The Labute approximate surface area is 136 Å². The van der Waals surface area contributed by atoms with Crippen LogP contribution in [0.5, 0.6) is 0 Å². The number of carbonyl (C=O) groups is 2. The molecule has 0 aromatic heterocycles. The van der Waals surface area contributed by atoms with Gasteiger partial charge in [-0.05, 0) is 36.0 Å². The fourth-order valence-corrected chi connectivity index (χ4v) is 2.27. The molecule has 2 N–H and O–H groups in total. The molecule has 1 saturated carbocycles. The first-order chi connectivity index (χ1) is 10.8. The van der Waals surface area contributed by atoms with Gasteiger partial charge in [0.15, 0.2) is 0 Å². The molecule has 1 fully saturated rings. The molecule has 0 radical (unpaired) electrons. The number of rotatable bonds is 6. The van der Waals surface area contributed by atoms with Crippen LogP contribution in [0.4, 0.5) is 4.39 Å². The predicted octanol–water partition coefficient (Wildman–Crippen LogP) is 2.58. The first-order valence-electron chi connectivity index (χ1n) is 7.97. The van der Waals surface area contributed by atoms with E-state index in [4.69, 9.17) is 0 Å². The molecule has 0 saturated heterocycles. The fourth-order valence-electron chi connectivity index (χ4n) is 2.27. The smallest absolute Gasteiger partial charge is 0.251 e. The van der Waals surface area contributed by atoms with Crippen molar-refractivity contribution < 1.29 is 14.0 Å². The zero-order chi connectivity index (χ0) is 17.1. The SMILES string of the molecule is CC(C)(C)c1ccc(C(=O)NCC(=O)NCC2(CF)CC2)cc1. The van der Waals surface area contributed by atoms with E-state index in [2.05, 4.69) is 31.4 Å². The van der Waals surface area contributed by atoms with E-state index in [1.54, 1.807) is 12.1 Å². The minimum Gasteiger partial charge on any atom is -0.354 e. The van der Waals surface area contributed by atoms with Gasteiger partial charge >= 0.3 is 0 Å². The summed E-state index contributed by atoms with van der Waals surface area (Å²) in [7, 11) is 0. The topological polar surface area (TPSA) is 58.2 Å². The summed E-state index contributed by atoms with van der Waals surface area (Å²) in [4.78, 5) is 23.7. The van der Waals surface area contributed by atoms with Crippen molar-refractivity contribution in [3.8, 4) is 0 Å². The maximum atomic E-state index is 12.7. The van der Waals surface area contributed by atoms with Gasteiger partial charge in [-0.1, -0.05) is 32.9 Å². The summed E-state index contributed by atoms with van der Waals surface area (Å²) in [5.74, 6) is -0.573. The molecule has 4 nitrogen and oxygen atoms in total. The third-order valence-corrected chi connectivity index (χ3v) is 4.32. The molecular weight excluding hydrogens is 295 g/mol. The Hall–Kier alpha value is -1.91. The van der Waals surface area contributed by atoms with Gasteiger partial charge < -0.3 is 10.6 Å². The van der Waals surface area contributed by atoms with Crippen molar-refractivity contribution in [1.82, 2.24) is 10.6 Å². The summed E-state index contributed by atoms with van der Waals surface area (Å²) in [6.07, 6.45) is 1.63. The Morgan fingerprint density at radius 3 is 2.22 bits per heavy atom. The second-order valence-corrected chi connectivity index (χ2v) is 7.42. The van der Waals surface area contributed by atoms with E-state index in [0.717, 1.165) is 18.4 Å². The molecule has 0 heterocycles. The number of nitrogens with one attached hydrogen (secondary N) is 2. The monoisotopic (exact) mass is 320 g/mol. The van der Waals surface area contributed by atoms with Gasteiger partial charge in [-0.2, -0.15) is 0 Å². The molecule has 0 aliphatic heterocycles. The van der Waals surface area contributed by atoms with Gasteiger partial charge in [-0.3, -0.25) is 14.0 Å². The van der Waals surface area contributed by atoms with Crippen LogP contribution in [0.25, 0.3) is 0 Å². The summed E-state index contributed by atoms with van der Waals surface area (Å²) in [6, 6.07) is 7.37. The highest BCUT2D eigenvalue weighted by atomic mass is 19.1. The standard InChI is InChI=1S/C18H25FN2O2/c1-17(2,3)14-6-4-13(5-7-14)16(23)20-10-15(22)21-12-18(11-19)8-9-18/h4-7H,8-12H2,1-3H3,(H,20,23)(H,21,22). The Balaban J connectivity index is 1.79. The highest BCUT2D eigenvalue weighted by molar-refractivity contribution is 5.96. The summed E-state index contributed by atoms with van der Waals surface area (Å²) in [5.41, 5.74) is 1.35. The van der Waals surface area contributed by atoms with Crippen LogP contribution in [0.15, 0.2) is 24.3 Å². The predicted molar refractivity (Wildman–Crippen MR) is 88.1 cm³/mol. The molecule has 0 atom stereocenters. The molecule has 1 aliphatic rings. The molecule has 126 valence electrons. The quantitative estimate of drug-likeness (QED) is 0.846. The van der Waals surface area contributed by atoms with Crippen LogP contribution in [0.3, 0.4) is 0 Å². The van der Waals surface area contributed by atoms with Gasteiger partial charge in [0, 0.05) is 17.5 Å². The van der Waals surface area contributed by atoms with E-state index in [9.17, 15) is 14.0 Å². The molecule has 0 spiro atoms. The first-order valence-corrected chi connectivity index (χ1v) is 7.97. The fraction of sp³-hybridized carbons (Fsp3) is 0.556. The van der Waals surface area contributed by atoms with Crippen molar-refractivity contribution in [2.45, 2.75) is 39.0 Å². The summed E-state index contributed by atoms with van der Waals surface area (Å²) >= 11 is 0. The molecule has 2 rings (SSSR count). The van der Waals surface area contributed by atoms with E-state index in [1.807, 2.05) is 12.1 Å². The van der Waals surface area contributed by atoms with E-state index in [1.165, 1.54) is 0 Å². The lowest BCUT2D eigenvalue weighted by atomic mass is 9.87. The number of carbonyl (C=O) groups excluding carboxylic acids is 2. The zero-order valence-corrected chi connectivity index (χ0v) is 14.0. The lowest BCUT2D eigenvalue weighted by Gasteiger charge is -2.19. The van der Waals surface area contributed by atoms with Crippen LogP contribution in [-0.4, -0.2) is 31.6 Å². The Bertz CT molecular complexity index is 572. The lowest BCUT2D eigenvalue weighted by Crippen LogP contribution is -2.39. The Kier molecular flexibility index (Phi) is 5.07. The Morgan fingerprint density at radius 1 is 1.13 bits per heavy atom. The summed E-state index contributed by atoms with van der Waals surface area (Å²) in [5, 5.41) is 5.27. The van der Waals surface area contributed by atoms with Crippen molar-refractivity contribution in [2.75, 3.05) is 19.8 Å². The van der Waals surface area contributed by atoms with Crippen molar-refractivity contribution in [3.05, 3.63) is 35.4 Å². The molecule has 0 unspecified atom stereocenters. The highest BCUT2D eigenvalue weighted by Crippen LogP contribution is 2.45. The van der Waals surface area contributed by atoms with E-state index in [-0.39, 0.29) is 29.2 Å². The molecule has 0 bridgehead atoms. The van der Waals surface area contributed by atoms with E-state index >= 15 is 0 Å². The molecule has 5 heteroatoms. The van der Waals surface area contributed by atoms with E-state index in [0.29, 0.717) is 12.1 Å². The number of hydrogen-bond acceptors (Lipinski definition) is 2. The average molecular weight is 320 g/mol. The number of halogens is 1. The van der Waals surface area contributed by atoms with Gasteiger partial charge in [-0.15, -0.1) is 0 Å². The second-order valence-electron chi connectivity index (χ2n) is 7.42. The Morgan fingerprint density at radius 2 is 1.74 bits per heavy atom. The van der Waals surface area contributed by atoms with Crippen molar-refractivity contribution >= 4 is 11.8 Å². The highest BCUT2D eigenvalue weighted by Gasteiger charge is 2.42. The molecule has 1 aliphatic carbocycles. The number of amides is 2. The minimum absolute atomic E-state index is 0.0318. The van der Waals surface area contributed by atoms with Crippen molar-refractivity contribution in [2.24, 2.45) is 5.41 Å². The van der Waals surface area contributed by atoms with Crippen LogP contribution >= 0.6 is 0 Å². The lowest BCUT2D eigenvalue weighted by molar-refractivity contribution is -0.120. The van der Waals surface area contributed by atoms with Crippen LogP contribution in [0.2, 0.25) is 0 Å². The van der Waals surface area contributed by atoms with Crippen LogP contribution in [-0.2, 0) is 10.2 Å². The molecule has 2 amide bonds. The number of benzene rings is 1. The van der Waals surface area contributed by atoms with Crippen LogP contribution < -0.4 is 10.6 Å². The van der Waals surface area contributed by atoms with Crippen LogP contribution in [0, 0.1) is 5.41 Å². The van der Waals surface area contributed by atoms with Crippen molar-refractivity contribution in [3.63, 3.8) is 0 Å². The van der Waals surface area contributed by atoms with E-state index < -0.39 is 6.67 Å². The van der Waals surface area contributed by atoms with Crippen LogP contribution in [0.1, 0.15) is 49.5 Å². The van der Waals surface area contributed by atoms with Gasteiger partial charge in [0.2, 0.25) is 5.91 Å². The zero-order valence-electron chi connectivity index (χ0n) is 14.0.